The van der Waals surface area contributed by atoms with Crippen LogP contribution in [0.25, 0.3) is 0 Å². The topological polar surface area (TPSA) is 88.8 Å². The first-order chi connectivity index (χ1) is 11.9. The number of nitro groups is 1. The monoisotopic (exact) mass is 342 g/mol. The van der Waals surface area contributed by atoms with Crippen molar-refractivity contribution in [2.45, 2.75) is 32.9 Å². The van der Waals surface area contributed by atoms with Crippen LogP contribution in [0.2, 0.25) is 0 Å². The molecular weight excluding hydrogens is 318 g/mol. The van der Waals surface area contributed by atoms with Crippen molar-refractivity contribution < 1.29 is 15.0 Å². The minimum atomic E-state index is -0.495. The zero-order chi connectivity index (χ0) is 18.4. The van der Waals surface area contributed by atoms with E-state index in [0.29, 0.717) is 5.92 Å². The third kappa shape index (κ3) is 4.87. The molecular formula is C19H24N3O3+. The standard InChI is InChI=1S/C19H23N3O3/c1-13(2)18(15-9-5-4-6-10-15)20-14(3)19(23)21-16-11-7-8-12-17(16)22(24)25/h4-14,18,20H,1-3H3,(H,21,23)/p+1/t14-,18+/m1/s1. The van der Waals surface area contributed by atoms with Gasteiger partial charge in [-0.1, -0.05) is 56.3 Å². The summed E-state index contributed by atoms with van der Waals surface area (Å²) in [5.74, 6) is 0.0830. The number of anilines is 1. The van der Waals surface area contributed by atoms with Crippen molar-refractivity contribution >= 4 is 17.3 Å². The molecule has 2 rings (SSSR count). The number of nitrogens with zero attached hydrogens (tertiary/aromatic N) is 1. The van der Waals surface area contributed by atoms with Crippen LogP contribution in [0.15, 0.2) is 54.6 Å². The number of rotatable bonds is 7. The number of nitrogens with two attached hydrogens (primary N) is 1. The van der Waals surface area contributed by atoms with Gasteiger partial charge in [-0.05, 0) is 13.0 Å². The summed E-state index contributed by atoms with van der Waals surface area (Å²) >= 11 is 0. The predicted molar refractivity (Wildman–Crippen MR) is 97.1 cm³/mol. The first kappa shape index (κ1) is 18.6. The zero-order valence-corrected chi connectivity index (χ0v) is 14.7. The van der Waals surface area contributed by atoms with Gasteiger partial charge in [-0.3, -0.25) is 14.9 Å². The van der Waals surface area contributed by atoms with Gasteiger partial charge in [0.15, 0.2) is 6.04 Å². The van der Waals surface area contributed by atoms with Gasteiger partial charge in [0.25, 0.3) is 11.6 Å². The van der Waals surface area contributed by atoms with Crippen molar-refractivity contribution in [3.05, 3.63) is 70.3 Å². The van der Waals surface area contributed by atoms with Gasteiger partial charge in [0.05, 0.1) is 4.92 Å². The molecule has 0 unspecified atom stereocenters. The Labute approximate surface area is 147 Å². The lowest BCUT2D eigenvalue weighted by Gasteiger charge is -2.23. The van der Waals surface area contributed by atoms with Crippen molar-refractivity contribution in [3.63, 3.8) is 0 Å². The summed E-state index contributed by atoms with van der Waals surface area (Å²) in [4.78, 5) is 23.1. The highest BCUT2D eigenvalue weighted by Crippen LogP contribution is 2.23. The molecule has 0 saturated heterocycles. The van der Waals surface area contributed by atoms with E-state index in [1.165, 1.54) is 6.07 Å². The summed E-state index contributed by atoms with van der Waals surface area (Å²) in [5, 5.41) is 15.8. The fourth-order valence-corrected chi connectivity index (χ4v) is 2.78. The molecule has 3 N–H and O–H groups in total. The Morgan fingerprint density at radius 3 is 2.24 bits per heavy atom. The molecule has 0 spiro atoms. The molecule has 1 amide bonds. The molecule has 25 heavy (non-hydrogen) atoms. The Morgan fingerprint density at radius 1 is 1.04 bits per heavy atom. The molecule has 0 heterocycles. The molecule has 0 saturated carbocycles. The lowest BCUT2D eigenvalue weighted by atomic mass is 9.95. The maximum absolute atomic E-state index is 12.5. The first-order valence-corrected chi connectivity index (χ1v) is 8.34. The summed E-state index contributed by atoms with van der Waals surface area (Å²) in [6.07, 6.45) is 0. The third-order valence-corrected chi connectivity index (χ3v) is 4.17. The van der Waals surface area contributed by atoms with Gasteiger partial charge in [-0.15, -0.1) is 0 Å². The molecule has 0 aliphatic heterocycles. The lowest BCUT2D eigenvalue weighted by Crippen LogP contribution is -2.93. The molecule has 2 aromatic carbocycles. The molecule has 0 bridgehead atoms. The number of amides is 1. The molecule has 2 aromatic rings. The molecule has 0 aromatic heterocycles. The molecule has 0 aliphatic rings. The van der Waals surface area contributed by atoms with E-state index in [0.717, 1.165) is 5.56 Å². The number of nitro benzene ring substituents is 1. The van der Waals surface area contributed by atoms with E-state index in [4.69, 9.17) is 0 Å². The van der Waals surface area contributed by atoms with Gasteiger partial charge in [-0.2, -0.15) is 0 Å². The fourth-order valence-electron chi connectivity index (χ4n) is 2.78. The normalized spacial score (nSPS) is 13.3. The van der Waals surface area contributed by atoms with Gasteiger partial charge in [-0.25, -0.2) is 0 Å². The van der Waals surface area contributed by atoms with Crippen LogP contribution in [0.1, 0.15) is 32.4 Å². The van der Waals surface area contributed by atoms with Crippen LogP contribution in [-0.4, -0.2) is 16.9 Å². The number of para-hydroxylation sites is 2. The van der Waals surface area contributed by atoms with E-state index < -0.39 is 4.92 Å². The number of benzene rings is 2. The van der Waals surface area contributed by atoms with Gasteiger partial charge in [0.1, 0.15) is 11.7 Å². The highest BCUT2D eigenvalue weighted by atomic mass is 16.6. The molecule has 0 fully saturated rings. The summed E-state index contributed by atoms with van der Waals surface area (Å²) in [7, 11) is 0. The van der Waals surface area contributed by atoms with Crippen molar-refractivity contribution in [1.82, 2.24) is 0 Å². The van der Waals surface area contributed by atoms with E-state index in [9.17, 15) is 14.9 Å². The van der Waals surface area contributed by atoms with E-state index in [1.54, 1.807) is 18.2 Å². The first-order valence-electron chi connectivity index (χ1n) is 8.34. The Kier molecular flexibility index (Phi) is 6.25. The Morgan fingerprint density at radius 2 is 1.64 bits per heavy atom. The molecule has 6 heteroatoms. The Balaban J connectivity index is 2.10. The van der Waals surface area contributed by atoms with E-state index in [2.05, 4.69) is 19.2 Å². The molecule has 6 nitrogen and oxygen atoms in total. The van der Waals surface area contributed by atoms with Gasteiger partial charge in [0, 0.05) is 17.5 Å². The van der Waals surface area contributed by atoms with Crippen LogP contribution in [0.3, 0.4) is 0 Å². The predicted octanol–water partition coefficient (Wildman–Crippen LogP) is 2.88. The summed E-state index contributed by atoms with van der Waals surface area (Å²) < 4.78 is 0. The highest BCUT2D eigenvalue weighted by Gasteiger charge is 2.27. The van der Waals surface area contributed by atoms with Gasteiger partial charge >= 0.3 is 0 Å². The summed E-state index contributed by atoms with van der Waals surface area (Å²) in [5.41, 5.74) is 1.27. The van der Waals surface area contributed by atoms with Crippen LogP contribution in [0, 0.1) is 16.0 Å². The van der Waals surface area contributed by atoms with Crippen LogP contribution >= 0.6 is 0 Å². The third-order valence-electron chi connectivity index (χ3n) is 4.17. The van der Waals surface area contributed by atoms with Gasteiger partial charge in [0.2, 0.25) is 0 Å². The second-order valence-electron chi connectivity index (χ2n) is 6.43. The number of hydrogen-bond donors (Lipinski definition) is 2. The number of nitrogens with one attached hydrogen (secondary N) is 1. The number of carbonyl (C=O) groups is 1. The summed E-state index contributed by atoms with van der Waals surface area (Å²) in [6, 6.07) is 15.9. The zero-order valence-electron chi connectivity index (χ0n) is 14.7. The highest BCUT2D eigenvalue weighted by molar-refractivity contribution is 5.95. The van der Waals surface area contributed by atoms with Crippen molar-refractivity contribution in [2.24, 2.45) is 5.92 Å². The smallest absolute Gasteiger partial charge is 0.292 e. The van der Waals surface area contributed by atoms with Crippen molar-refractivity contribution in [3.8, 4) is 0 Å². The Bertz CT molecular complexity index is 732. The fraction of sp³-hybridized carbons (Fsp3) is 0.316. The van der Waals surface area contributed by atoms with E-state index in [1.807, 2.05) is 42.6 Å². The van der Waals surface area contributed by atoms with Crippen LogP contribution in [0.5, 0.6) is 0 Å². The summed E-state index contributed by atoms with van der Waals surface area (Å²) in [6.45, 7) is 6.03. The second kappa shape index (κ2) is 8.39. The van der Waals surface area contributed by atoms with Crippen molar-refractivity contribution in [1.29, 1.82) is 0 Å². The van der Waals surface area contributed by atoms with E-state index in [-0.39, 0.29) is 29.4 Å². The van der Waals surface area contributed by atoms with Crippen molar-refractivity contribution in [2.75, 3.05) is 5.32 Å². The molecule has 0 aliphatic carbocycles. The minimum Gasteiger partial charge on any atom is -0.330 e. The second-order valence-corrected chi connectivity index (χ2v) is 6.43. The largest absolute Gasteiger partial charge is 0.330 e. The number of hydrogen-bond acceptors (Lipinski definition) is 3. The van der Waals surface area contributed by atoms with Gasteiger partial charge < -0.3 is 10.6 Å². The minimum absolute atomic E-state index is 0.105. The molecule has 0 radical (unpaired) electrons. The quantitative estimate of drug-likeness (QED) is 0.599. The van der Waals surface area contributed by atoms with Crippen LogP contribution < -0.4 is 10.6 Å². The van der Waals surface area contributed by atoms with Crippen LogP contribution in [0.4, 0.5) is 11.4 Å². The lowest BCUT2D eigenvalue weighted by molar-refractivity contribution is -0.718. The molecule has 2 atom stereocenters. The average Bonchev–Trinajstić information content (AvgIpc) is 2.60. The maximum Gasteiger partial charge on any atom is 0.292 e. The van der Waals surface area contributed by atoms with Crippen LogP contribution in [-0.2, 0) is 4.79 Å². The molecule has 132 valence electrons. The average molecular weight is 342 g/mol. The maximum atomic E-state index is 12.5. The van der Waals surface area contributed by atoms with E-state index >= 15 is 0 Å². The Hall–Kier alpha value is -2.73. The SMILES string of the molecule is CC(C)[C@H]([NH2+][C@H](C)C(=O)Nc1ccccc1[N+](=O)[O-])c1ccccc1. The number of carbonyl (C=O) groups excluding carboxylic acids is 1. The number of quaternary nitrogens is 1.